The van der Waals surface area contributed by atoms with E-state index in [1.54, 1.807) is 0 Å². The Labute approximate surface area is 97.1 Å². The van der Waals surface area contributed by atoms with Crippen LogP contribution in [0.3, 0.4) is 0 Å². The first-order valence-corrected chi connectivity index (χ1v) is 5.81. The molecule has 0 saturated carbocycles. The molecule has 0 unspecified atom stereocenters. The molecule has 1 saturated heterocycles. The van der Waals surface area contributed by atoms with E-state index in [4.69, 9.17) is 0 Å². The molecule has 84 valence electrons. The average Bonchev–Trinajstić information content (AvgIpc) is 2.38. The van der Waals surface area contributed by atoms with Gasteiger partial charge in [0.15, 0.2) is 0 Å². The van der Waals surface area contributed by atoms with Crippen LogP contribution in [-0.2, 0) is 0 Å². The van der Waals surface area contributed by atoms with Gasteiger partial charge in [-0.3, -0.25) is 4.98 Å². The van der Waals surface area contributed by atoms with E-state index in [2.05, 4.69) is 23.5 Å². The van der Waals surface area contributed by atoms with Gasteiger partial charge in [-0.2, -0.15) is 0 Å². The minimum absolute atomic E-state index is 0.564. The summed E-state index contributed by atoms with van der Waals surface area (Å²) in [5, 5.41) is 3.38. The van der Waals surface area contributed by atoms with Gasteiger partial charge < -0.3 is 5.32 Å². The highest BCUT2D eigenvalue weighted by Crippen LogP contribution is 2.28. The van der Waals surface area contributed by atoms with Crippen molar-refractivity contribution in [3.05, 3.63) is 42.2 Å². The summed E-state index contributed by atoms with van der Waals surface area (Å²) in [7, 11) is 0. The fraction of sp³-hybridized carbons (Fsp3) is 0.357. The lowest BCUT2D eigenvalue weighted by Gasteiger charge is -2.24. The normalized spacial score (nSPS) is 17.0. The summed E-state index contributed by atoms with van der Waals surface area (Å²) in [6.07, 6.45) is 7.98. The summed E-state index contributed by atoms with van der Waals surface area (Å²) in [6.45, 7) is 9.90. The molecule has 1 aliphatic heterocycles. The zero-order valence-corrected chi connectivity index (χ0v) is 9.58. The van der Waals surface area contributed by atoms with Gasteiger partial charge in [-0.15, -0.1) is 0 Å². The first kappa shape index (κ1) is 11.1. The lowest BCUT2D eigenvalue weighted by Crippen LogP contribution is -2.27. The molecule has 2 heterocycles. The van der Waals surface area contributed by atoms with Crippen LogP contribution >= 0.6 is 0 Å². The molecule has 0 bridgehead atoms. The number of nitrogens with zero attached hydrogens (tertiary/aromatic N) is 1. The second kappa shape index (κ2) is 5.08. The van der Waals surface area contributed by atoms with E-state index in [9.17, 15) is 0 Å². The van der Waals surface area contributed by atoms with Gasteiger partial charge in [0.2, 0.25) is 0 Å². The Kier molecular flexibility index (Phi) is 3.52. The molecule has 1 N–H and O–H groups in total. The molecule has 2 rings (SSSR count). The first-order chi connectivity index (χ1) is 7.86. The van der Waals surface area contributed by atoms with Gasteiger partial charge in [-0.1, -0.05) is 25.3 Å². The minimum Gasteiger partial charge on any atom is -0.317 e. The Morgan fingerprint density at radius 3 is 2.62 bits per heavy atom. The number of hydrogen-bond acceptors (Lipinski definition) is 2. The van der Waals surface area contributed by atoms with Crippen molar-refractivity contribution >= 4 is 12.2 Å². The van der Waals surface area contributed by atoms with Crippen molar-refractivity contribution in [2.24, 2.45) is 0 Å². The summed E-state index contributed by atoms with van der Waals surface area (Å²) >= 11 is 0. The van der Waals surface area contributed by atoms with Gasteiger partial charge in [-0.25, -0.2) is 0 Å². The van der Waals surface area contributed by atoms with Crippen molar-refractivity contribution in [3.8, 4) is 0 Å². The minimum atomic E-state index is 0.564. The van der Waals surface area contributed by atoms with Gasteiger partial charge in [0.1, 0.15) is 0 Å². The van der Waals surface area contributed by atoms with E-state index in [0.717, 1.165) is 37.1 Å². The molecule has 0 aromatic carbocycles. The van der Waals surface area contributed by atoms with E-state index >= 15 is 0 Å². The SMILES string of the molecule is C=Cc1ccnc(C2CCNCC2)c1C=C. The molecule has 2 nitrogen and oxygen atoms in total. The Morgan fingerprint density at radius 1 is 1.25 bits per heavy atom. The molecule has 2 heteroatoms. The average molecular weight is 214 g/mol. The van der Waals surface area contributed by atoms with E-state index in [0.29, 0.717) is 5.92 Å². The van der Waals surface area contributed by atoms with Gasteiger partial charge in [-0.05, 0) is 37.6 Å². The van der Waals surface area contributed by atoms with Gasteiger partial charge in [0, 0.05) is 17.7 Å². The third-order valence-corrected chi connectivity index (χ3v) is 3.20. The highest BCUT2D eigenvalue weighted by Gasteiger charge is 2.19. The van der Waals surface area contributed by atoms with Crippen LogP contribution in [0.2, 0.25) is 0 Å². The molecule has 1 aromatic heterocycles. The predicted octanol–water partition coefficient (Wildman–Crippen LogP) is 2.83. The monoisotopic (exact) mass is 214 g/mol. The molecule has 0 radical (unpaired) electrons. The predicted molar refractivity (Wildman–Crippen MR) is 69.3 cm³/mol. The van der Waals surface area contributed by atoms with Crippen molar-refractivity contribution in [1.29, 1.82) is 0 Å². The van der Waals surface area contributed by atoms with Crippen molar-refractivity contribution in [3.63, 3.8) is 0 Å². The fourth-order valence-corrected chi connectivity index (χ4v) is 2.33. The Hall–Kier alpha value is -1.41. The topological polar surface area (TPSA) is 24.9 Å². The lowest BCUT2D eigenvalue weighted by atomic mass is 9.89. The molecule has 0 spiro atoms. The van der Waals surface area contributed by atoms with Crippen LogP contribution in [0.15, 0.2) is 25.4 Å². The third kappa shape index (κ3) is 2.07. The maximum atomic E-state index is 4.54. The van der Waals surface area contributed by atoms with Gasteiger partial charge in [0.05, 0.1) is 5.69 Å². The molecule has 1 aromatic rings. The fourth-order valence-electron chi connectivity index (χ4n) is 2.33. The summed E-state index contributed by atoms with van der Waals surface area (Å²) in [4.78, 5) is 4.54. The number of piperidine rings is 1. The maximum absolute atomic E-state index is 4.54. The molecule has 16 heavy (non-hydrogen) atoms. The van der Waals surface area contributed by atoms with Crippen molar-refractivity contribution in [2.75, 3.05) is 13.1 Å². The van der Waals surface area contributed by atoms with Gasteiger partial charge in [0.25, 0.3) is 0 Å². The largest absolute Gasteiger partial charge is 0.317 e. The van der Waals surface area contributed by atoms with Crippen LogP contribution in [-0.4, -0.2) is 18.1 Å². The highest BCUT2D eigenvalue weighted by molar-refractivity contribution is 5.65. The zero-order chi connectivity index (χ0) is 11.4. The number of rotatable bonds is 3. The highest BCUT2D eigenvalue weighted by atomic mass is 14.9. The Morgan fingerprint density at radius 2 is 2.00 bits per heavy atom. The number of aromatic nitrogens is 1. The summed E-state index contributed by atoms with van der Waals surface area (Å²) in [5.41, 5.74) is 3.48. The smallest absolute Gasteiger partial charge is 0.0513 e. The molecule has 0 aliphatic carbocycles. The van der Waals surface area contributed by atoms with Gasteiger partial charge >= 0.3 is 0 Å². The van der Waals surface area contributed by atoms with Crippen molar-refractivity contribution in [1.82, 2.24) is 10.3 Å². The molecule has 0 atom stereocenters. The molecular weight excluding hydrogens is 196 g/mol. The summed E-state index contributed by atoms with van der Waals surface area (Å²) < 4.78 is 0. The number of nitrogens with one attached hydrogen (secondary N) is 1. The third-order valence-electron chi connectivity index (χ3n) is 3.20. The summed E-state index contributed by atoms with van der Waals surface area (Å²) in [5.74, 6) is 0.564. The van der Waals surface area contributed by atoms with E-state index in [1.165, 1.54) is 5.69 Å². The zero-order valence-electron chi connectivity index (χ0n) is 9.58. The lowest BCUT2D eigenvalue weighted by molar-refractivity contribution is 0.453. The molecular formula is C14H18N2. The number of hydrogen-bond donors (Lipinski definition) is 1. The Bertz CT molecular complexity index is 390. The molecule has 1 aliphatic rings. The second-order valence-electron chi connectivity index (χ2n) is 4.13. The quantitative estimate of drug-likeness (QED) is 0.837. The second-order valence-corrected chi connectivity index (χ2v) is 4.13. The Balaban J connectivity index is 2.38. The van der Waals surface area contributed by atoms with Crippen LogP contribution < -0.4 is 5.32 Å². The van der Waals surface area contributed by atoms with Crippen LogP contribution in [0.5, 0.6) is 0 Å². The van der Waals surface area contributed by atoms with Crippen LogP contribution in [0.4, 0.5) is 0 Å². The molecule has 1 fully saturated rings. The van der Waals surface area contributed by atoms with E-state index < -0.39 is 0 Å². The standard InChI is InChI=1S/C14H18N2/c1-3-11-7-10-16-14(13(11)4-2)12-5-8-15-9-6-12/h3-4,7,10,12,15H,1-2,5-6,8-9H2. The van der Waals surface area contributed by atoms with Crippen molar-refractivity contribution < 1.29 is 0 Å². The van der Waals surface area contributed by atoms with Crippen LogP contribution in [0, 0.1) is 0 Å². The van der Waals surface area contributed by atoms with E-state index in [-0.39, 0.29) is 0 Å². The van der Waals surface area contributed by atoms with Crippen molar-refractivity contribution in [2.45, 2.75) is 18.8 Å². The van der Waals surface area contributed by atoms with Crippen LogP contribution in [0.25, 0.3) is 12.2 Å². The maximum Gasteiger partial charge on any atom is 0.0513 e. The number of pyridine rings is 1. The summed E-state index contributed by atoms with van der Waals surface area (Å²) in [6, 6.07) is 1.99. The molecule has 0 amide bonds. The van der Waals surface area contributed by atoms with E-state index in [1.807, 2.05) is 24.4 Å². The van der Waals surface area contributed by atoms with Crippen LogP contribution in [0.1, 0.15) is 35.6 Å². The first-order valence-electron chi connectivity index (χ1n) is 5.81.